The number of nitrogens with two attached hydrogens (primary N) is 1. The van der Waals surface area contributed by atoms with Crippen molar-refractivity contribution in [3.63, 3.8) is 0 Å². The van der Waals surface area contributed by atoms with Crippen LogP contribution in [0.2, 0.25) is 0 Å². The molecule has 0 atom stereocenters. The molecule has 2 rings (SSSR count). The van der Waals surface area contributed by atoms with E-state index in [4.69, 9.17) is 5.73 Å². The molecule has 0 bridgehead atoms. The fraction of sp³-hybridized carbons (Fsp3) is 0.600. The van der Waals surface area contributed by atoms with Gasteiger partial charge in [0.05, 0.1) is 11.5 Å². The first kappa shape index (κ1) is 16.3. The Labute approximate surface area is 126 Å². The fourth-order valence-electron chi connectivity index (χ4n) is 2.93. The lowest BCUT2D eigenvalue weighted by atomic mass is 10.1. The third-order valence-corrected chi connectivity index (χ3v) is 6.27. The molecular weight excluding hydrogens is 288 g/mol. The van der Waals surface area contributed by atoms with Crippen LogP contribution in [0, 0.1) is 13.8 Å². The number of benzene rings is 1. The van der Waals surface area contributed by atoms with Crippen LogP contribution in [0.1, 0.15) is 36.8 Å². The summed E-state index contributed by atoms with van der Waals surface area (Å²) in [7, 11) is -3.62. The second-order valence-electron chi connectivity index (χ2n) is 5.73. The molecule has 0 heterocycles. The van der Waals surface area contributed by atoms with E-state index in [0.29, 0.717) is 5.69 Å². The Morgan fingerprint density at radius 3 is 2.43 bits per heavy atom. The maximum atomic E-state index is 12.9. The molecule has 21 heavy (non-hydrogen) atoms. The van der Waals surface area contributed by atoms with Crippen molar-refractivity contribution in [3.8, 4) is 0 Å². The average Bonchev–Trinajstić information content (AvgIpc) is 2.95. The van der Waals surface area contributed by atoms with E-state index in [-0.39, 0.29) is 24.1 Å². The molecule has 0 saturated heterocycles. The van der Waals surface area contributed by atoms with Gasteiger partial charge in [-0.1, -0.05) is 12.8 Å². The van der Waals surface area contributed by atoms with Gasteiger partial charge in [0, 0.05) is 18.3 Å². The van der Waals surface area contributed by atoms with Crippen LogP contribution < -0.4 is 5.73 Å². The summed E-state index contributed by atoms with van der Waals surface area (Å²) in [4.78, 5) is 0.225. The topological polar surface area (TPSA) is 83.6 Å². The maximum absolute atomic E-state index is 12.9. The molecular formula is C15H24N2O3S. The monoisotopic (exact) mass is 312 g/mol. The SMILES string of the molecule is Cc1cc(S(=O)(=O)N(CCO)C2CCCC2)cc(N)c1C. The summed E-state index contributed by atoms with van der Waals surface area (Å²) in [6, 6.07) is 3.18. The zero-order chi connectivity index (χ0) is 15.6. The van der Waals surface area contributed by atoms with Crippen LogP contribution in [-0.2, 0) is 10.0 Å². The molecule has 1 aromatic rings. The van der Waals surface area contributed by atoms with Gasteiger partial charge in [-0.3, -0.25) is 0 Å². The fourth-order valence-corrected chi connectivity index (χ4v) is 4.72. The molecule has 0 unspecified atom stereocenters. The van der Waals surface area contributed by atoms with Crippen molar-refractivity contribution in [2.75, 3.05) is 18.9 Å². The summed E-state index contributed by atoms with van der Waals surface area (Å²) in [5.41, 5.74) is 8.17. The number of rotatable bonds is 5. The number of hydrogen-bond acceptors (Lipinski definition) is 4. The third kappa shape index (κ3) is 3.22. The normalized spacial score (nSPS) is 16.8. The Hall–Kier alpha value is -1.11. The lowest BCUT2D eigenvalue weighted by molar-refractivity contribution is 0.226. The predicted octanol–water partition coefficient (Wildman–Crippen LogP) is 1.81. The molecule has 0 aliphatic heterocycles. The minimum Gasteiger partial charge on any atom is -0.398 e. The van der Waals surface area contributed by atoms with Crippen molar-refractivity contribution in [2.24, 2.45) is 0 Å². The van der Waals surface area contributed by atoms with Crippen LogP contribution in [0.25, 0.3) is 0 Å². The molecule has 1 saturated carbocycles. The van der Waals surface area contributed by atoms with E-state index in [9.17, 15) is 13.5 Å². The van der Waals surface area contributed by atoms with Gasteiger partial charge in [0.2, 0.25) is 10.0 Å². The van der Waals surface area contributed by atoms with E-state index in [2.05, 4.69) is 0 Å². The first-order chi connectivity index (χ1) is 9.87. The van der Waals surface area contributed by atoms with Gasteiger partial charge in [-0.25, -0.2) is 8.42 Å². The summed E-state index contributed by atoms with van der Waals surface area (Å²) in [6.45, 7) is 3.70. The number of anilines is 1. The molecule has 1 fully saturated rings. The highest BCUT2D eigenvalue weighted by Crippen LogP contribution is 2.30. The van der Waals surface area contributed by atoms with Crippen molar-refractivity contribution in [3.05, 3.63) is 23.3 Å². The number of hydrogen-bond donors (Lipinski definition) is 2. The molecule has 1 aromatic carbocycles. The van der Waals surface area contributed by atoms with E-state index in [1.165, 1.54) is 10.4 Å². The summed E-state index contributed by atoms with van der Waals surface area (Å²) in [6.07, 6.45) is 3.80. The van der Waals surface area contributed by atoms with Crippen molar-refractivity contribution >= 4 is 15.7 Å². The van der Waals surface area contributed by atoms with Crippen molar-refractivity contribution < 1.29 is 13.5 Å². The second-order valence-corrected chi connectivity index (χ2v) is 7.62. The predicted molar refractivity (Wildman–Crippen MR) is 83.6 cm³/mol. The lowest BCUT2D eigenvalue weighted by Crippen LogP contribution is -2.40. The summed E-state index contributed by atoms with van der Waals surface area (Å²) in [5.74, 6) is 0. The molecule has 0 aromatic heterocycles. The van der Waals surface area contributed by atoms with Gasteiger partial charge in [-0.05, 0) is 49.9 Å². The van der Waals surface area contributed by atoms with Crippen molar-refractivity contribution in [1.82, 2.24) is 4.31 Å². The van der Waals surface area contributed by atoms with Crippen LogP contribution in [0.5, 0.6) is 0 Å². The van der Waals surface area contributed by atoms with E-state index >= 15 is 0 Å². The van der Waals surface area contributed by atoms with Crippen LogP contribution in [0.15, 0.2) is 17.0 Å². The molecule has 1 aliphatic carbocycles. The first-order valence-electron chi connectivity index (χ1n) is 7.37. The minimum atomic E-state index is -3.62. The van der Waals surface area contributed by atoms with Crippen LogP contribution in [0.4, 0.5) is 5.69 Å². The molecule has 6 heteroatoms. The van der Waals surface area contributed by atoms with Crippen molar-refractivity contribution in [2.45, 2.75) is 50.5 Å². The minimum absolute atomic E-state index is 0.00927. The Kier molecular flexibility index (Phi) is 4.91. The molecule has 0 spiro atoms. The van der Waals surface area contributed by atoms with Gasteiger partial charge >= 0.3 is 0 Å². The molecule has 0 radical (unpaired) electrons. The molecule has 1 aliphatic rings. The van der Waals surface area contributed by atoms with Gasteiger partial charge < -0.3 is 10.8 Å². The Bertz CT molecular complexity index is 584. The van der Waals surface area contributed by atoms with E-state index in [0.717, 1.165) is 36.8 Å². The second kappa shape index (κ2) is 6.34. The number of aliphatic hydroxyl groups excluding tert-OH is 1. The molecule has 5 nitrogen and oxygen atoms in total. The summed E-state index contributed by atoms with van der Waals surface area (Å²) in [5, 5.41) is 9.23. The number of aliphatic hydroxyl groups is 1. The maximum Gasteiger partial charge on any atom is 0.243 e. The smallest absolute Gasteiger partial charge is 0.243 e. The zero-order valence-corrected chi connectivity index (χ0v) is 13.5. The van der Waals surface area contributed by atoms with Gasteiger partial charge in [-0.15, -0.1) is 0 Å². The standard InChI is InChI=1S/C15H24N2O3S/c1-11-9-14(10-15(16)12(11)2)21(19,20)17(7-8-18)13-5-3-4-6-13/h9-10,13,18H,3-8,16H2,1-2H3. The first-order valence-corrected chi connectivity index (χ1v) is 8.81. The van der Waals surface area contributed by atoms with Crippen LogP contribution in [-0.4, -0.2) is 37.0 Å². The Morgan fingerprint density at radius 1 is 1.29 bits per heavy atom. The Balaban J connectivity index is 2.42. The van der Waals surface area contributed by atoms with Crippen LogP contribution >= 0.6 is 0 Å². The van der Waals surface area contributed by atoms with Gasteiger partial charge in [-0.2, -0.15) is 4.31 Å². The molecule has 3 N–H and O–H groups in total. The highest BCUT2D eigenvalue weighted by molar-refractivity contribution is 7.89. The number of aryl methyl sites for hydroxylation is 1. The third-order valence-electron chi connectivity index (χ3n) is 4.34. The van der Waals surface area contributed by atoms with Crippen LogP contribution in [0.3, 0.4) is 0 Å². The van der Waals surface area contributed by atoms with Gasteiger partial charge in [0.1, 0.15) is 0 Å². The van der Waals surface area contributed by atoms with E-state index in [1.54, 1.807) is 6.07 Å². The number of nitrogens with zero attached hydrogens (tertiary/aromatic N) is 1. The quantitative estimate of drug-likeness (QED) is 0.812. The van der Waals surface area contributed by atoms with Crippen molar-refractivity contribution in [1.29, 1.82) is 0 Å². The number of nitrogen functional groups attached to an aromatic ring is 1. The molecule has 0 amide bonds. The molecule has 118 valence electrons. The number of sulfonamides is 1. The summed E-state index contributed by atoms with van der Waals surface area (Å²) >= 11 is 0. The van der Waals surface area contributed by atoms with Gasteiger partial charge in [0.25, 0.3) is 0 Å². The summed E-state index contributed by atoms with van der Waals surface area (Å²) < 4.78 is 27.2. The average molecular weight is 312 g/mol. The largest absolute Gasteiger partial charge is 0.398 e. The lowest BCUT2D eigenvalue weighted by Gasteiger charge is -2.27. The van der Waals surface area contributed by atoms with E-state index in [1.807, 2.05) is 13.8 Å². The Morgan fingerprint density at radius 2 is 1.90 bits per heavy atom. The zero-order valence-electron chi connectivity index (χ0n) is 12.7. The van der Waals surface area contributed by atoms with Gasteiger partial charge in [0.15, 0.2) is 0 Å². The highest BCUT2D eigenvalue weighted by atomic mass is 32.2. The highest BCUT2D eigenvalue weighted by Gasteiger charge is 2.33. The van der Waals surface area contributed by atoms with E-state index < -0.39 is 10.0 Å².